The number of carbonyl (C=O) groups excluding carboxylic acids is 2. The number of amides is 2. The van der Waals surface area contributed by atoms with E-state index in [1.165, 1.54) is 4.31 Å². The van der Waals surface area contributed by atoms with Crippen molar-refractivity contribution in [1.82, 2.24) is 24.6 Å². The van der Waals surface area contributed by atoms with E-state index in [1.807, 2.05) is 81.4 Å². The summed E-state index contributed by atoms with van der Waals surface area (Å²) >= 11 is 0. The molecule has 13 heteroatoms. The van der Waals surface area contributed by atoms with E-state index in [1.54, 1.807) is 67.4 Å². The van der Waals surface area contributed by atoms with Gasteiger partial charge in [0, 0.05) is 32.2 Å². The van der Waals surface area contributed by atoms with E-state index >= 15 is 0 Å². The van der Waals surface area contributed by atoms with E-state index in [0.717, 1.165) is 28.7 Å². The molecule has 1 saturated heterocycles. The Kier molecular flexibility index (Phi) is 14.3. The van der Waals surface area contributed by atoms with Gasteiger partial charge >= 0.3 is 0 Å². The molecule has 0 radical (unpaired) electrons. The van der Waals surface area contributed by atoms with Gasteiger partial charge in [-0.05, 0) is 91.6 Å². The monoisotopic (exact) mass is 801 g/mol. The summed E-state index contributed by atoms with van der Waals surface area (Å²) in [7, 11) is -6.04. The largest absolute Gasteiger partial charge is 0.342 e. The van der Waals surface area contributed by atoms with E-state index < -0.39 is 37.5 Å². The van der Waals surface area contributed by atoms with Gasteiger partial charge in [0.15, 0.2) is 0 Å². The Balaban J connectivity index is 1.33. The number of likely N-dealkylation sites (tertiary alicyclic amines) is 1. The van der Waals surface area contributed by atoms with Crippen molar-refractivity contribution in [1.29, 1.82) is 0 Å². The second-order valence-corrected chi connectivity index (χ2v) is 19.1. The molecule has 3 N–H and O–H groups in total. The van der Waals surface area contributed by atoms with E-state index in [9.17, 15) is 26.4 Å². The lowest BCUT2D eigenvalue weighted by Crippen LogP contribution is -2.59. The van der Waals surface area contributed by atoms with Crippen LogP contribution in [0.1, 0.15) is 51.7 Å². The molecule has 1 aliphatic rings. The van der Waals surface area contributed by atoms with Crippen LogP contribution in [-0.2, 0) is 42.5 Å². The second-order valence-electron chi connectivity index (χ2n) is 15.4. The molecule has 4 aromatic carbocycles. The van der Waals surface area contributed by atoms with Crippen molar-refractivity contribution >= 4 is 31.9 Å². The zero-order chi connectivity index (χ0) is 40.5. The Morgan fingerprint density at radius 2 is 1.32 bits per heavy atom. The third kappa shape index (κ3) is 10.9. The lowest BCUT2D eigenvalue weighted by molar-refractivity contribution is -0.140. The lowest BCUT2D eigenvalue weighted by atomic mass is 9.85. The first-order valence-electron chi connectivity index (χ1n) is 19.2. The fourth-order valence-electron chi connectivity index (χ4n) is 6.82. The van der Waals surface area contributed by atoms with E-state index in [4.69, 9.17) is 0 Å². The molecule has 5 rings (SSSR count). The van der Waals surface area contributed by atoms with E-state index in [2.05, 4.69) is 15.4 Å². The SMILES string of the molecule is CN[C@@H](C)C(=O)N[C@H](C(=O)N1CCC[C@H]1CN(CCc1ccccc1)S(=O)(=O)c1ccc(-c2ccc(S(=O)(=O)NCCc3ccccc3)cc2)cc1)C(C)(C)C. The minimum atomic E-state index is -4.01. The number of rotatable bonds is 17. The van der Waals surface area contributed by atoms with Crippen molar-refractivity contribution in [3.63, 3.8) is 0 Å². The van der Waals surface area contributed by atoms with Gasteiger partial charge in [-0.2, -0.15) is 4.31 Å². The number of nitrogens with one attached hydrogen (secondary N) is 3. The summed E-state index contributed by atoms with van der Waals surface area (Å²) in [6.45, 7) is 8.52. The number of nitrogens with zero attached hydrogens (tertiary/aromatic N) is 2. The van der Waals surface area contributed by atoms with E-state index in [-0.39, 0.29) is 47.3 Å². The van der Waals surface area contributed by atoms with Crippen molar-refractivity contribution in [2.24, 2.45) is 5.41 Å². The molecular weight excluding hydrogens is 747 g/mol. The number of hydrogen-bond acceptors (Lipinski definition) is 7. The van der Waals surface area contributed by atoms with Gasteiger partial charge in [0.1, 0.15) is 6.04 Å². The molecule has 1 heterocycles. The van der Waals surface area contributed by atoms with Gasteiger partial charge in [-0.3, -0.25) is 9.59 Å². The zero-order valence-electron chi connectivity index (χ0n) is 32.9. The Morgan fingerprint density at radius 1 is 0.786 bits per heavy atom. The standard InChI is InChI=1S/C43H55N5O6S2/c1-32(44-5)41(49)46-40(43(2,3)4)42(50)48-29-12-17-37(48)31-47(30-27-34-15-10-7-11-16-34)56(53,54)39-24-20-36(21-25-39)35-18-22-38(23-19-35)55(51,52)45-28-26-33-13-8-6-9-14-33/h6-11,13-16,18-25,32,37,40,44-45H,12,17,26-31H2,1-5H3,(H,46,49)/t32-,37-,40+/m0/s1. The fraction of sp³-hybridized carbons (Fsp3) is 0.395. The fourth-order valence-corrected chi connectivity index (χ4v) is 9.33. The van der Waals surface area contributed by atoms with Gasteiger partial charge in [-0.15, -0.1) is 0 Å². The van der Waals surface area contributed by atoms with E-state index in [0.29, 0.717) is 25.8 Å². The molecule has 1 fully saturated rings. The predicted octanol–water partition coefficient (Wildman–Crippen LogP) is 5.24. The Bertz CT molecular complexity index is 2120. The van der Waals surface area contributed by atoms with Crippen LogP contribution < -0.4 is 15.4 Å². The molecule has 4 aromatic rings. The molecular formula is C43H55N5O6S2. The van der Waals surface area contributed by atoms with Crippen LogP contribution in [0, 0.1) is 5.41 Å². The van der Waals surface area contributed by atoms with Gasteiger partial charge in [0.05, 0.1) is 15.8 Å². The molecule has 0 saturated carbocycles. The summed E-state index contributed by atoms with van der Waals surface area (Å²) in [5, 5.41) is 5.87. The highest BCUT2D eigenvalue weighted by Gasteiger charge is 2.41. The molecule has 0 unspecified atom stereocenters. The van der Waals surface area contributed by atoms with Gasteiger partial charge in [0.2, 0.25) is 31.9 Å². The predicted molar refractivity (Wildman–Crippen MR) is 221 cm³/mol. The summed E-state index contributed by atoms with van der Waals surface area (Å²) in [5.74, 6) is -0.497. The molecule has 300 valence electrons. The molecule has 3 atom stereocenters. The van der Waals surface area contributed by atoms with Crippen LogP contribution in [0.5, 0.6) is 0 Å². The van der Waals surface area contributed by atoms with Gasteiger partial charge in [-0.25, -0.2) is 21.6 Å². The average Bonchev–Trinajstić information content (AvgIpc) is 3.66. The van der Waals surface area contributed by atoms with Crippen LogP contribution in [0.25, 0.3) is 11.1 Å². The van der Waals surface area contributed by atoms with Gasteiger partial charge < -0.3 is 15.5 Å². The van der Waals surface area contributed by atoms with Crippen molar-refractivity contribution in [3.8, 4) is 11.1 Å². The minimum absolute atomic E-state index is 0.107. The Labute approximate surface area is 333 Å². The summed E-state index contributed by atoms with van der Waals surface area (Å²) in [4.78, 5) is 29.1. The summed E-state index contributed by atoms with van der Waals surface area (Å²) in [6.07, 6.45) is 2.41. The van der Waals surface area contributed by atoms with Crippen molar-refractivity contribution in [2.75, 3.05) is 33.2 Å². The topological polar surface area (TPSA) is 145 Å². The maximum Gasteiger partial charge on any atom is 0.245 e. The third-order valence-electron chi connectivity index (χ3n) is 10.3. The molecule has 0 bridgehead atoms. The number of sulfonamides is 2. The summed E-state index contributed by atoms with van der Waals surface area (Å²) < 4.78 is 58.9. The minimum Gasteiger partial charge on any atom is -0.342 e. The quantitative estimate of drug-likeness (QED) is 0.133. The first kappa shape index (κ1) is 42.7. The highest BCUT2D eigenvalue weighted by Crippen LogP contribution is 2.29. The highest BCUT2D eigenvalue weighted by atomic mass is 32.2. The average molecular weight is 802 g/mol. The van der Waals surface area contributed by atoms with Crippen LogP contribution in [0.2, 0.25) is 0 Å². The van der Waals surface area contributed by atoms with Crippen LogP contribution >= 0.6 is 0 Å². The molecule has 56 heavy (non-hydrogen) atoms. The maximum absolute atomic E-state index is 14.4. The number of likely N-dealkylation sites (N-methyl/N-ethyl adjacent to an activating group) is 1. The number of hydrogen-bond donors (Lipinski definition) is 3. The first-order valence-corrected chi connectivity index (χ1v) is 22.1. The van der Waals surface area contributed by atoms with Crippen molar-refractivity contribution in [3.05, 3.63) is 120 Å². The number of carbonyl (C=O) groups is 2. The summed E-state index contributed by atoms with van der Waals surface area (Å²) in [6, 6.07) is 30.8. The van der Waals surface area contributed by atoms with Crippen LogP contribution in [-0.4, -0.2) is 89.2 Å². The van der Waals surface area contributed by atoms with Gasteiger partial charge in [-0.1, -0.05) is 106 Å². The third-order valence-corrected chi connectivity index (χ3v) is 13.7. The first-order chi connectivity index (χ1) is 26.6. The highest BCUT2D eigenvalue weighted by molar-refractivity contribution is 7.89. The van der Waals surface area contributed by atoms with Gasteiger partial charge in [0.25, 0.3) is 0 Å². The molecule has 0 spiro atoms. The lowest BCUT2D eigenvalue weighted by Gasteiger charge is -2.37. The Hall–Kier alpha value is -4.40. The van der Waals surface area contributed by atoms with Crippen LogP contribution in [0.3, 0.4) is 0 Å². The van der Waals surface area contributed by atoms with Crippen molar-refractivity contribution < 1.29 is 26.4 Å². The Morgan fingerprint density at radius 3 is 1.86 bits per heavy atom. The van der Waals surface area contributed by atoms with Crippen LogP contribution in [0.4, 0.5) is 0 Å². The maximum atomic E-state index is 14.4. The molecule has 11 nitrogen and oxygen atoms in total. The summed E-state index contributed by atoms with van der Waals surface area (Å²) in [5.41, 5.74) is 2.92. The molecule has 0 aromatic heterocycles. The molecule has 1 aliphatic heterocycles. The number of benzene rings is 4. The smallest absolute Gasteiger partial charge is 0.245 e. The zero-order valence-corrected chi connectivity index (χ0v) is 34.6. The molecule has 2 amide bonds. The van der Waals surface area contributed by atoms with Crippen molar-refractivity contribution in [2.45, 2.75) is 81.3 Å². The molecule has 0 aliphatic carbocycles. The normalized spacial score (nSPS) is 16.1. The second kappa shape index (κ2) is 18.7. The van der Waals surface area contributed by atoms with Crippen LogP contribution in [0.15, 0.2) is 119 Å².